The molecule has 4 heteroatoms. The van der Waals surface area contributed by atoms with Crippen LogP contribution in [0, 0.1) is 0 Å². The highest BCUT2D eigenvalue weighted by atomic mass is 15.3. The second-order valence-electron chi connectivity index (χ2n) is 9.68. The fourth-order valence-corrected chi connectivity index (χ4v) is 5.30. The van der Waals surface area contributed by atoms with Gasteiger partial charge in [0.05, 0.1) is 17.1 Å². The molecule has 5 aromatic rings. The molecule has 0 aliphatic carbocycles. The Morgan fingerprint density at radius 2 is 0.850 bits per heavy atom. The summed E-state index contributed by atoms with van der Waals surface area (Å²) in [5.74, 6) is 1.34. The summed E-state index contributed by atoms with van der Waals surface area (Å²) in [5.41, 5.74) is 7.98. The highest BCUT2D eigenvalue weighted by Gasteiger charge is 2.38. The van der Waals surface area contributed by atoms with Crippen LogP contribution in [0.4, 0.5) is 5.69 Å². The van der Waals surface area contributed by atoms with Gasteiger partial charge in [-0.05, 0) is 23.3 Å². The lowest BCUT2D eigenvalue weighted by Gasteiger charge is -2.28. The van der Waals surface area contributed by atoms with Crippen molar-refractivity contribution in [1.29, 1.82) is 0 Å². The summed E-state index contributed by atoms with van der Waals surface area (Å²) in [6.45, 7) is 0. The molecular weight excluding hydrogens is 488 g/mol. The van der Waals surface area contributed by atoms with Crippen molar-refractivity contribution in [2.24, 2.45) is 15.0 Å². The predicted octanol–water partition coefficient (Wildman–Crippen LogP) is 7.86. The fourth-order valence-electron chi connectivity index (χ4n) is 5.30. The lowest BCUT2D eigenvalue weighted by molar-refractivity contribution is 0.869. The van der Waals surface area contributed by atoms with Gasteiger partial charge in [0.15, 0.2) is 11.6 Å². The van der Waals surface area contributed by atoms with Crippen molar-refractivity contribution in [2.45, 2.75) is 6.04 Å². The lowest BCUT2D eigenvalue weighted by Crippen LogP contribution is -2.28. The van der Waals surface area contributed by atoms with E-state index in [1.165, 1.54) is 0 Å². The number of aliphatic imine (C=N–C) groups is 3. The molecule has 0 N–H and O–H groups in total. The summed E-state index contributed by atoms with van der Waals surface area (Å²) in [6, 6.07) is 51.7. The van der Waals surface area contributed by atoms with E-state index in [1.807, 2.05) is 54.6 Å². The molecule has 190 valence electrons. The molecule has 0 radical (unpaired) electrons. The Labute approximate surface area is 234 Å². The van der Waals surface area contributed by atoms with Crippen LogP contribution in [0.15, 0.2) is 178 Å². The highest BCUT2D eigenvalue weighted by Crippen LogP contribution is 2.42. The summed E-state index contributed by atoms with van der Waals surface area (Å²) in [6.07, 6.45) is 0. The molecule has 2 heterocycles. The third kappa shape index (κ3) is 4.36. The first kappa shape index (κ1) is 23.7. The monoisotopic (exact) mass is 514 g/mol. The molecule has 5 aromatic carbocycles. The first-order valence-electron chi connectivity index (χ1n) is 13.4. The summed E-state index contributed by atoms with van der Waals surface area (Å²) < 4.78 is 0. The summed E-state index contributed by atoms with van der Waals surface area (Å²) in [5, 5.41) is 0. The van der Waals surface area contributed by atoms with Crippen LogP contribution in [-0.2, 0) is 0 Å². The zero-order valence-electron chi connectivity index (χ0n) is 21.8. The van der Waals surface area contributed by atoms with Crippen molar-refractivity contribution in [1.82, 2.24) is 0 Å². The van der Waals surface area contributed by atoms with Crippen LogP contribution in [0.5, 0.6) is 0 Å². The maximum absolute atomic E-state index is 5.32. The molecule has 1 atom stereocenters. The van der Waals surface area contributed by atoms with Gasteiger partial charge in [0.2, 0.25) is 0 Å². The number of nitrogens with zero attached hydrogens (tertiary/aromatic N) is 4. The topological polar surface area (TPSA) is 40.3 Å². The normalized spacial score (nSPS) is 16.6. The van der Waals surface area contributed by atoms with Gasteiger partial charge in [-0.2, -0.15) is 0 Å². The highest BCUT2D eigenvalue weighted by molar-refractivity contribution is 6.55. The summed E-state index contributed by atoms with van der Waals surface area (Å²) in [4.78, 5) is 17.9. The molecule has 0 saturated heterocycles. The molecule has 0 aromatic heterocycles. The van der Waals surface area contributed by atoms with Crippen molar-refractivity contribution in [3.63, 3.8) is 0 Å². The van der Waals surface area contributed by atoms with E-state index in [2.05, 4.69) is 102 Å². The molecule has 0 bridgehead atoms. The van der Waals surface area contributed by atoms with Gasteiger partial charge in [-0.25, -0.2) is 15.0 Å². The van der Waals surface area contributed by atoms with E-state index in [-0.39, 0.29) is 6.04 Å². The molecule has 0 saturated carbocycles. The Bertz CT molecular complexity index is 1700. The molecule has 2 aliphatic rings. The minimum atomic E-state index is -0.139. The minimum Gasteiger partial charge on any atom is -0.310 e. The van der Waals surface area contributed by atoms with Gasteiger partial charge in [-0.1, -0.05) is 140 Å². The first-order valence-corrected chi connectivity index (χ1v) is 13.4. The van der Waals surface area contributed by atoms with E-state index in [0.717, 1.165) is 50.9 Å². The van der Waals surface area contributed by atoms with Gasteiger partial charge >= 0.3 is 0 Å². The zero-order chi connectivity index (χ0) is 26.7. The smallest absolute Gasteiger partial charge is 0.197 e. The van der Waals surface area contributed by atoms with Crippen LogP contribution >= 0.6 is 0 Å². The second-order valence-corrected chi connectivity index (χ2v) is 9.68. The Morgan fingerprint density at radius 1 is 0.425 bits per heavy atom. The van der Waals surface area contributed by atoms with Crippen molar-refractivity contribution in [3.05, 3.63) is 186 Å². The SMILES string of the molecule is c1ccc(C2=NC(=C3N=C(c4ccccc4)C(c4ccccc4)N3c3ccccc3)N=C2c2ccccc2)cc1. The molecule has 4 nitrogen and oxygen atoms in total. The Hall–Kier alpha value is -5.35. The Kier molecular flexibility index (Phi) is 6.19. The predicted molar refractivity (Wildman–Crippen MR) is 164 cm³/mol. The van der Waals surface area contributed by atoms with Crippen LogP contribution in [0.1, 0.15) is 28.3 Å². The molecule has 0 amide bonds. The quantitative estimate of drug-likeness (QED) is 0.235. The van der Waals surface area contributed by atoms with E-state index in [0.29, 0.717) is 5.82 Å². The molecule has 7 rings (SSSR count). The van der Waals surface area contributed by atoms with Gasteiger partial charge < -0.3 is 4.90 Å². The average molecular weight is 515 g/mol. The maximum Gasteiger partial charge on any atom is 0.197 e. The summed E-state index contributed by atoms with van der Waals surface area (Å²) >= 11 is 0. The number of hydrogen-bond donors (Lipinski definition) is 0. The maximum atomic E-state index is 5.32. The van der Waals surface area contributed by atoms with Gasteiger partial charge in [-0.15, -0.1) is 0 Å². The van der Waals surface area contributed by atoms with Crippen LogP contribution in [0.25, 0.3) is 0 Å². The van der Waals surface area contributed by atoms with E-state index < -0.39 is 0 Å². The van der Waals surface area contributed by atoms with Crippen molar-refractivity contribution in [2.75, 3.05) is 4.90 Å². The zero-order valence-corrected chi connectivity index (χ0v) is 21.8. The van der Waals surface area contributed by atoms with E-state index in [1.54, 1.807) is 0 Å². The van der Waals surface area contributed by atoms with Crippen LogP contribution in [-0.4, -0.2) is 17.1 Å². The first-order chi connectivity index (χ1) is 19.9. The third-order valence-corrected chi connectivity index (χ3v) is 7.15. The van der Waals surface area contributed by atoms with E-state index in [4.69, 9.17) is 15.0 Å². The van der Waals surface area contributed by atoms with E-state index >= 15 is 0 Å². The average Bonchev–Trinajstić information content (AvgIpc) is 3.66. The molecule has 1 unspecified atom stereocenters. The van der Waals surface area contributed by atoms with Crippen molar-refractivity contribution >= 4 is 22.8 Å². The van der Waals surface area contributed by atoms with Crippen LogP contribution in [0.2, 0.25) is 0 Å². The molecule has 0 spiro atoms. The Balaban J connectivity index is 1.50. The van der Waals surface area contributed by atoms with Gasteiger partial charge in [0, 0.05) is 16.8 Å². The number of hydrogen-bond acceptors (Lipinski definition) is 4. The number of benzene rings is 5. The van der Waals surface area contributed by atoms with E-state index in [9.17, 15) is 0 Å². The largest absolute Gasteiger partial charge is 0.310 e. The van der Waals surface area contributed by atoms with Crippen LogP contribution < -0.4 is 4.90 Å². The van der Waals surface area contributed by atoms with Crippen molar-refractivity contribution in [3.8, 4) is 0 Å². The van der Waals surface area contributed by atoms with Crippen LogP contribution in [0.3, 0.4) is 0 Å². The molecule has 0 fully saturated rings. The second kappa shape index (κ2) is 10.4. The number of anilines is 1. The van der Waals surface area contributed by atoms with Gasteiger partial charge in [0.1, 0.15) is 6.04 Å². The van der Waals surface area contributed by atoms with Gasteiger partial charge in [0.25, 0.3) is 0 Å². The minimum absolute atomic E-state index is 0.139. The number of rotatable bonds is 5. The van der Waals surface area contributed by atoms with Gasteiger partial charge in [-0.3, -0.25) is 0 Å². The summed E-state index contributed by atoms with van der Waals surface area (Å²) in [7, 11) is 0. The lowest BCUT2D eigenvalue weighted by atomic mass is 9.96. The Morgan fingerprint density at radius 3 is 1.35 bits per heavy atom. The fraction of sp³-hybridized carbons (Fsp3) is 0.0278. The standard InChI is InChI=1S/C36H26N4/c1-6-16-26(17-7-1)31-32(27-18-8-2-9-19-27)38-35(37-31)36-39-33(28-20-10-3-11-21-28)34(29-22-12-4-13-23-29)40(36)30-24-14-5-15-25-30/h1-25,34H. The molecule has 40 heavy (non-hydrogen) atoms. The molecular formula is C36H26N4. The number of para-hydroxylation sites is 1. The van der Waals surface area contributed by atoms with Crippen molar-refractivity contribution < 1.29 is 0 Å². The molecule has 2 aliphatic heterocycles. The third-order valence-electron chi connectivity index (χ3n) is 7.15.